The van der Waals surface area contributed by atoms with Gasteiger partial charge in [-0.05, 0) is 66.3 Å². The predicted molar refractivity (Wildman–Crippen MR) is 156 cm³/mol. The minimum Gasteiger partial charge on any atom is -0.455 e. The van der Waals surface area contributed by atoms with Gasteiger partial charge in [0.05, 0.1) is 13.6 Å². The first-order chi connectivity index (χ1) is 17.2. The molecule has 0 atom stereocenters. The molecule has 5 aromatic rings. The molecule has 3 heteroatoms. The third-order valence-corrected chi connectivity index (χ3v) is 10.6. The molecule has 1 aliphatic carbocycles. The maximum absolute atomic E-state index is 6.56. The van der Waals surface area contributed by atoms with E-state index >= 15 is 0 Å². The van der Waals surface area contributed by atoms with Gasteiger partial charge in [0, 0.05) is 28.3 Å². The van der Waals surface area contributed by atoms with Crippen LogP contribution in [0.4, 0.5) is 0 Å². The molecule has 0 amide bonds. The molecule has 1 fully saturated rings. The number of hydrogen-bond acceptors (Lipinski definition) is 1. The zero-order chi connectivity index (χ0) is 25.2. The summed E-state index contributed by atoms with van der Waals surface area (Å²) in [6.45, 7) is 11.9. The van der Waals surface area contributed by atoms with Gasteiger partial charge >= 0.3 is 0 Å². The topological polar surface area (TPSA) is 17.0 Å². The standard InChI is InChI=1S/C33H38NOSi/c1-21-17-26-25-13-9-10-14-30(25)35-33(26)32(22(21)2)29-20-31(36(4,5)6)27-19-24(15-16-28(27)34(29)3)18-23-11-7-8-12-23/h9-10,13-17,19-20,23H,7-8,11-12,18H2,1-6H3/q+1. The molecule has 1 aliphatic rings. The van der Waals surface area contributed by atoms with E-state index in [1.54, 1.807) is 5.19 Å². The van der Waals surface area contributed by atoms with Gasteiger partial charge in [-0.15, -0.1) is 0 Å². The molecule has 0 N–H and O–H groups in total. The number of para-hydroxylation sites is 1. The number of hydrogen-bond donors (Lipinski definition) is 0. The Kier molecular flexibility index (Phi) is 5.60. The van der Waals surface area contributed by atoms with Crippen molar-refractivity contribution < 1.29 is 8.98 Å². The van der Waals surface area contributed by atoms with Gasteiger partial charge in [0.2, 0.25) is 11.2 Å². The van der Waals surface area contributed by atoms with E-state index in [0.29, 0.717) is 0 Å². The van der Waals surface area contributed by atoms with Gasteiger partial charge in [-0.25, -0.2) is 0 Å². The van der Waals surface area contributed by atoms with Crippen molar-refractivity contribution in [1.82, 2.24) is 0 Å². The largest absolute Gasteiger partial charge is 0.455 e. The van der Waals surface area contributed by atoms with Crippen LogP contribution in [0, 0.1) is 19.8 Å². The minimum absolute atomic E-state index is 0.863. The van der Waals surface area contributed by atoms with E-state index in [9.17, 15) is 0 Å². The molecule has 36 heavy (non-hydrogen) atoms. The Balaban J connectivity index is 1.63. The fourth-order valence-corrected chi connectivity index (χ4v) is 8.04. The van der Waals surface area contributed by atoms with Crippen LogP contribution in [0.5, 0.6) is 0 Å². The van der Waals surface area contributed by atoms with Crippen molar-refractivity contribution in [3.8, 4) is 11.3 Å². The summed E-state index contributed by atoms with van der Waals surface area (Å²) >= 11 is 0. The maximum Gasteiger partial charge on any atom is 0.216 e. The SMILES string of the molecule is Cc1cc2c(oc3ccccc32)c(-c2cc([Si](C)(C)C)c3cc(CC4CCCC4)ccc3[n+]2C)c1C. The molecule has 2 heterocycles. The van der Waals surface area contributed by atoms with Gasteiger partial charge in [-0.1, -0.05) is 69.6 Å². The van der Waals surface area contributed by atoms with Gasteiger partial charge in [0.1, 0.15) is 18.2 Å². The first-order valence-corrected chi connectivity index (χ1v) is 17.1. The zero-order valence-electron chi connectivity index (χ0n) is 22.7. The van der Waals surface area contributed by atoms with Crippen LogP contribution in [0.25, 0.3) is 44.1 Å². The smallest absolute Gasteiger partial charge is 0.216 e. The van der Waals surface area contributed by atoms with Gasteiger partial charge < -0.3 is 4.42 Å². The predicted octanol–water partition coefficient (Wildman–Crippen LogP) is 8.13. The van der Waals surface area contributed by atoms with Gasteiger partial charge in [-0.2, -0.15) is 4.57 Å². The maximum atomic E-state index is 6.56. The molecule has 2 aromatic heterocycles. The van der Waals surface area contributed by atoms with Gasteiger partial charge in [0.15, 0.2) is 0 Å². The zero-order valence-corrected chi connectivity index (χ0v) is 23.7. The molecule has 0 saturated heterocycles. The molecule has 6 rings (SSSR count). The Bertz CT molecular complexity index is 1630. The van der Waals surface area contributed by atoms with Crippen LogP contribution < -0.4 is 9.75 Å². The Morgan fingerprint density at radius 3 is 2.39 bits per heavy atom. The van der Waals surface area contributed by atoms with Crippen molar-refractivity contribution in [2.45, 2.75) is 65.6 Å². The summed E-state index contributed by atoms with van der Waals surface area (Å²) in [6.07, 6.45) is 6.83. The summed E-state index contributed by atoms with van der Waals surface area (Å²) < 4.78 is 8.97. The monoisotopic (exact) mass is 492 g/mol. The van der Waals surface area contributed by atoms with Crippen LogP contribution in [0.1, 0.15) is 42.4 Å². The van der Waals surface area contributed by atoms with E-state index in [4.69, 9.17) is 4.42 Å². The van der Waals surface area contributed by atoms with Crippen molar-refractivity contribution in [3.05, 3.63) is 71.3 Å². The molecule has 3 aromatic carbocycles. The molecular weight excluding hydrogens is 454 g/mol. The molecule has 0 aliphatic heterocycles. The van der Waals surface area contributed by atoms with Crippen LogP contribution >= 0.6 is 0 Å². The van der Waals surface area contributed by atoms with E-state index in [0.717, 1.165) is 17.1 Å². The second-order valence-corrected chi connectivity index (χ2v) is 17.2. The molecule has 1 saturated carbocycles. The van der Waals surface area contributed by atoms with Crippen LogP contribution in [0.15, 0.2) is 59.0 Å². The third-order valence-electron chi connectivity index (χ3n) is 8.61. The molecule has 0 radical (unpaired) electrons. The van der Waals surface area contributed by atoms with Crippen LogP contribution in [0.2, 0.25) is 19.6 Å². The summed E-state index contributed by atoms with van der Waals surface area (Å²) in [7, 11) is 0.608. The van der Waals surface area contributed by atoms with Crippen molar-refractivity contribution >= 4 is 46.1 Å². The number of rotatable bonds is 4. The summed E-state index contributed by atoms with van der Waals surface area (Å²) in [5.41, 5.74) is 9.91. The second kappa shape index (κ2) is 8.59. The number of aryl methyl sites for hydroxylation is 2. The summed E-state index contributed by atoms with van der Waals surface area (Å²) in [5.74, 6) is 0.863. The van der Waals surface area contributed by atoms with E-state index in [1.165, 1.54) is 81.7 Å². The molecule has 0 unspecified atom stereocenters. The lowest BCUT2D eigenvalue weighted by molar-refractivity contribution is -0.633. The third kappa shape index (κ3) is 3.80. The number of pyridine rings is 1. The van der Waals surface area contributed by atoms with Crippen LogP contribution in [-0.2, 0) is 13.5 Å². The number of benzene rings is 3. The fraction of sp³-hybridized carbons (Fsp3) is 0.364. The number of furan rings is 1. The Hall–Kier alpha value is -2.91. The van der Waals surface area contributed by atoms with E-state index in [1.807, 2.05) is 0 Å². The van der Waals surface area contributed by atoms with Crippen LogP contribution in [0.3, 0.4) is 0 Å². The lowest BCUT2D eigenvalue weighted by atomic mass is 9.94. The highest BCUT2D eigenvalue weighted by Gasteiger charge is 2.29. The highest BCUT2D eigenvalue weighted by molar-refractivity contribution is 6.90. The van der Waals surface area contributed by atoms with Crippen molar-refractivity contribution in [1.29, 1.82) is 0 Å². The molecule has 0 spiro atoms. The summed E-state index contributed by atoms with van der Waals surface area (Å²) in [4.78, 5) is 0. The number of nitrogens with zero attached hydrogens (tertiary/aromatic N) is 1. The minimum atomic E-state index is -1.63. The van der Waals surface area contributed by atoms with E-state index in [2.05, 4.69) is 99.7 Å². The fourth-order valence-electron chi connectivity index (χ4n) is 6.46. The lowest BCUT2D eigenvalue weighted by Crippen LogP contribution is -2.43. The summed E-state index contributed by atoms with van der Waals surface area (Å²) in [5, 5.41) is 5.40. The van der Waals surface area contributed by atoms with Gasteiger partial charge in [-0.3, -0.25) is 0 Å². The normalized spacial score (nSPS) is 15.1. The Morgan fingerprint density at radius 2 is 1.64 bits per heavy atom. The van der Waals surface area contributed by atoms with Crippen molar-refractivity contribution in [2.24, 2.45) is 13.0 Å². The lowest BCUT2D eigenvalue weighted by Gasteiger charge is -2.21. The van der Waals surface area contributed by atoms with Crippen molar-refractivity contribution in [3.63, 3.8) is 0 Å². The first kappa shape index (κ1) is 23.5. The number of aromatic nitrogens is 1. The average molecular weight is 493 g/mol. The molecule has 184 valence electrons. The first-order valence-electron chi connectivity index (χ1n) is 13.6. The second-order valence-electron chi connectivity index (χ2n) is 12.1. The molecular formula is C33H38NOSi+. The summed E-state index contributed by atoms with van der Waals surface area (Å²) in [6, 6.07) is 20.5. The average Bonchev–Trinajstić information content (AvgIpc) is 3.48. The van der Waals surface area contributed by atoms with Crippen molar-refractivity contribution in [2.75, 3.05) is 0 Å². The number of fused-ring (bicyclic) bond motifs is 4. The Labute approximate surface area is 216 Å². The quantitative estimate of drug-likeness (QED) is 0.183. The van der Waals surface area contributed by atoms with Gasteiger partial charge in [0.25, 0.3) is 0 Å². The van der Waals surface area contributed by atoms with E-state index < -0.39 is 8.07 Å². The van der Waals surface area contributed by atoms with E-state index in [-0.39, 0.29) is 0 Å². The Morgan fingerprint density at radius 1 is 0.889 bits per heavy atom. The molecule has 0 bridgehead atoms. The highest BCUT2D eigenvalue weighted by Crippen LogP contribution is 2.39. The highest BCUT2D eigenvalue weighted by atomic mass is 28.3. The molecule has 2 nitrogen and oxygen atoms in total. The van der Waals surface area contributed by atoms with Crippen LogP contribution in [-0.4, -0.2) is 8.07 Å².